The maximum Gasteiger partial charge on any atom is 0.306 e. The van der Waals surface area contributed by atoms with Crippen molar-refractivity contribution in [1.29, 1.82) is 0 Å². The molecule has 0 aromatic heterocycles. The fraction of sp³-hybridized carbons (Fsp3) is 0.667. The van der Waals surface area contributed by atoms with E-state index in [0.29, 0.717) is 25.7 Å². The van der Waals surface area contributed by atoms with Gasteiger partial charge in [-0.05, 0) is 25.7 Å². The van der Waals surface area contributed by atoms with Gasteiger partial charge in [0, 0.05) is 12.3 Å². The number of carbonyl (C=O) groups excluding carboxylic acids is 3. The van der Waals surface area contributed by atoms with Gasteiger partial charge in [-0.2, -0.15) is 0 Å². The first-order valence-electron chi connectivity index (χ1n) is 6.34. The number of hydrogen-bond acceptors (Lipinski definition) is 4. The summed E-state index contributed by atoms with van der Waals surface area (Å²) in [5.74, 6) is -2.82. The molecule has 1 aliphatic heterocycles. The van der Waals surface area contributed by atoms with Gasteiger partial charge in [0.2, 0.25) is 17.7 Å². The van der Waals surface area contributed by atoms with Gasteiger partial charge in [0.25, 0.3) is 0 Å². The Bertz CT molecular complexity index is 434. The molecule has 2 fully saturated rings. The number of piperidine rings is 1. The van der Waals surface area contributed by atoms with Crippen LogP contribution in [0.1, 0.15) is 32.1 Å². The Morgan fingerprint density at radius 3 is 2.42 bits per heavy atom. The zero-order valence-corrected chi connectivity index (χ0v) is 10.3. The van der Waals surface area contributed by atoms with Crippen LogP contribution < -0.4 is 10.6 Å². The highest BCUT2D eigenvalue weighted by molar-refractivity contribution is 6.01. The third kappa shape index (κ3) is 3.10. The van der Waals surface area contributed by atoms with Gasteiger partial charge in [0.05, 0.1) is 5.92 Å². The predicted octanol–water partition coefficient (Wildman–Crippen LogP) is -0.591. The highest BCUT2D eigenvalue weighted by Gasteiger charge is 2.36. The summed E-state index contributed by atoms with van der Waals surface area (Å²) >= 11 is 0. The summed E-state index contributed by atoms with van der Waals surface area (Å²) in [6.07, 6.45) is 1.83. The van der Waals surface area contributed by atoms with Gasteiger partial charge in [0.1, 0.15) is 6.04 Å². The Labute approximate surface area is 109 Å². The van der Waals surface area contributed by atoms with Crippen LogP contribution in [0.4, 0.5) is 0 Å². The molecule has 3 N–H and O–H groups in total. The summed E-state index contributed by atoms with van der Waals surface area (Å²) in [6.45, 7) is 0. The molecule has 7 nitrogen and oxygen atoms in total. The van der Waals surface area contributed by atoms with E-state index in [1.54, 1.807) is 0 Å². The van der Waals surface area contributed by atoms with Crippen molar-refractivity contribution in [3.8, 4) is 0 Å². The van der Waals surface area contributed by atoms with E-state index in [4.69, 9.17) is 5.11 Å². The Kier molecular flexibility index (Phi) is 3.82. The molecular formula is C12H16N2O5. The van der Waals surface area contributed by atoms with E-state index in [9.17, 15) is 19.2 Å². The molecule has 0 spiro atoms. The zero-order valence-electron chi connectivity index (χ0n) is 10.3. The minimum absolute atomic E-state index is 0.207. The number of aliphatic carboxylic acids is 1. The number of imide groups is 1. The van der Waals surface area contributed by atoms with Crippen LogP contribution in [0.15, 0.2) is 0 Å². The van der Waals surface area contributed by atoms with Crippen molar-refractivity contribution < 1.29 is 24.3 Å². The van der Waals surface area contributed by atoms with Gasteiger partial charge in [-0.3, -0.25) is 24.5 Å². The summed E-state index contributed by atoms with van der Waals surface area (Å²) in [5, 5.41) is 13.6. The van der Waals surface area contributed by atoms with Gasteiger partial charge < -0.3 is 10.4 Å². The van der Waals surface area contributed by atoms with Crippen LogP contribution in [0, 0.1) is 11.8 Å². The second-order valence-electron chi connectivity index (χ2n) is 5.06. The average Bonchev–Trinajstić information content (AvgIpc) is 2.82. The van der Waals surface area contributed by atoms with Crippen LogP contribution in [0.2, 0.25) is 0 Å². The van der Waals surface area contributed by atoms with Crippen molar-refractivity contribution in [2.45, 2.75) is 38.1 Å². The lowest BCUT2D eigenvalue weighted by Gasteiger charge is -2.23. The van der Waals surface area contributed by atoms with Crippen molar-refractivity contribution in [2.24, 2.45) is 11.8 Å². The fourth-order valence-corrected chi connectivity index (χ4v) is 2.56. The van der Waals surface area contributed by atoms with Crippen molar-refractivity contribution in [3.63, 3.8) is 0 Å². The van der Waals surface area contributed by atoms with Crippen LogP contribution in [-0.4, -0.2) is 34.8 Å². The molecule has 1 heterocycles. The number of amides is 3. The summed E-state index contributed by atoms with van der Waals surface area (Å²) in [6, 6.07) is -0.686. The molecule has 0 bridgehead atoms. The number of carbonyl (C=O) groups is 4. The molecular weight excluding hydrogens is 252 g/mol. The van der Waals surface area contributed by atoms with Crippen LogP contribution in [0.25, 0.3) is 0 Å². The molecule has 3 atom stereocenters. The highest BCUT2D eigenvalue weighted by Crippen LogP contribution is 2.31. The van der Waals surface area contributed by atoms with Gasteiger partial charge >= 0.3 is 5.97 Å². The molecule has 19 heavy (non-hydrogen) atoms. The molecule has 2 aliphatic rings. The quantitative estimate of drug-likeness (QED) is 0.592. The first-order valence-corrected chi connectivity index (χ1v) is 6.34. The van der Waals surface area contributed by atoms with Crippen LogP contribution >= 0.6 is 0 Å². The van der Waals surface area contributed by atoms with Crippen LogP contribution in [-0.2, 0) is 19.2 Å². The SMILES string of the molecule is O=C1CCC(NC(=O)C2CCC(C(=O)O)C2)C(=O)N1. The smallest absolute Gasteiger partial charge is 0.306 e. The second-order valence-corrected chi connectivity index (χ2v) is 5.06. The molecule has 3 amide bonds. The molecule has 1 saturated heterocycles. The van der Waals surface area contributed by atoms with E-state index in [-0.39, 0.29) is 24.2 Å². The van der Waals surface area contributed by atoms with E-state index >= 15 is 0 Å². The van der Waals surface area contributed by atoms with Gasteiger partial charge in [-0.25, -0.2) is 0 Å². The van der Waals surface area contributed by atoms with E-state index in [2.05, 4.69) is 10.6 Å². The van der Waals surface area contributed by atoms with E-state index in [0.717, 1.165) is 0 Å². The van der Waals surface area contributed by atoms with Crippen molar-refractivity contribution >= 4 is 23.7 Å². The Morgan fingerprint density at radius 2 is 1.84 bits per heavy atom. The third-order valence-electron chi connectivity index (χ3n) is 3.71. The number of carboxylic acids is 1. The molecule has 3 unspecified atom stereocenters. The molecule has 2 rings (SSSR count). The topological polar surface area (TPSA) is 113 Å². The van der Waals surface area contributed by atoms with Crippen LogP contribution in [0.3, 0.4) is 0 Å². The average molecular weight is 268 g/mol. The van der Waals surface area contributed by atoms with Crippen LogP contribution in [0.5, 0.6) is 0 Å². The molecule has 0 aromatic rings. The van der Waals surface area contributed by atoms with E-state index in [1.807, 2.05) is 0 Å². The minimum atomic E-state index is -0.878. The zero-order chi connectivity index (χ0) is 14.0. The first-order chi connectivity index (χ1) is 8.97. The molecule has 1 saturated carbocycles. The number of hydrogen-bond donors (Lipinski definition) is 3. The highest BCUT2D eigenvalue weighted by atomic mass is 16.4. The lowest BCUT2D eigenvalue weighted by atomic mass is 10.0. The Balaban J connectivity index is 1.86. The molecule has 0 aromatic carbocycles. The molecule has 104 valence electrons. The maximum absolute atomic E-state index is 11.9. The third-order valence-corrected chi connectivity index (χ3v) is 3.71. The second kappa shape index (κ2) is 5.38. The summed E-state index contributed by atoms with van der Waals surface area (Å²) in [5.41, 5.74) is 0. The Hall–Kier alpha value is -1.92. The summed E-state index contributed by atoms with van der Waals surface area (Å²) in [4.78, 5) is 45.2. The largest absolute Gasteiger partial charge is 0.481 e. The van der Waals surface area contributed by atoms with Crippen molar-refractivity contribution in [1.82, 2.24) is 10.6 Å². The maximum atomic E-state index is 11.9. The van der Waals surface area contributed by atoms with E-state index in [1.165, 1.54) is 0 Å². The monoisotopic (exact) mass is 268 g/mol. The minimum Gasteiger partial charge on any atom is -0.481 e. The standard InChI is InChI=1S/C12H16N2O5/c15-9-4-3-8(11(17)14-9)13-10(16)6-1-2-7(5-6)12(18)19/h6-8H,1-5H2,(H,13,16)(H,18,19)(H,14,15,17). The van der Waals surface area contributed by atoms with Gasteiger partial charge in [-0.15, -0.1) is 0 Å². The van der Waals surface area contributed by atoms with Gasteiger partial charge in [0.15, 0.2) is 0 Å². The summed E-state index contributed by atoms with van der Waals surface area (Å²) in [7, 11) is 0. The molecule has 0 radical (unpaired) electrons. The van der Waals surface area contributed by atoms with Crippen molar-refractivity contribution in [3.05, 3.63) is 0 Å². The number of rotatable bonds is 3. The first kappa shape index (κ1) is 13.5. The lowest BCUT2D eigenvalue weighted by Crippen LogP contribution is -2.53. The number of carboxylic acid groups (broad SMARTS) is 1. The Morgan fingerprint density at radius 1 is 1.16 bits per heavy atom. The lowest BCUT2D eigenvalue weighted by molar-refractivity contribution is -0.142. The van der Waals surface area contributed by atoms with E-state index < -0.39 is 23.8 Å². The normalized spacial score (nSPS) is 30.8. The predicted molar refractivity (Wildman–Crippen MR) is 62.8 cm³/mol. The molecule has 1 aliphatic carbocycles. The molecule has 7 heteroatoms. The summed E-state index contributed by atoms with van der Waals surface area (Å²) < 4.78 is 0. The number of nitrogens with one attached hydrogen (secondary N) is 2. The fourth-order valence-electron chi connectivity index (χ4n) is 2.56. The van der Waals surface area contributed by atoms with Gasteiger partial charge in [-0.1, -0.05) is 0 Å². The van der Waals surface area contributed by atoms with Crippen molar-refractivity contribution in [2.75, 3.05) is 0 Å².